The van der Waals surface area contributed by atoms with E-state index < -0.39 is 0 Å². The highest BCUT2D eigenvalue weighted by molar-refractivity contribution is 5.59. The van der Waals surface area contributed by atoms with Crippen LogP contribution in [-0.4, -0.2) is 42.8 Å². The van der Waals surface area contributed by atoms with E-state index >= 15 is 0 Å². The Bertz CT molecular complexity index is 629. The third-order valence-electron chi connectivity index (χ3n) is 4.55. The molecule has 1 aliphatic rings. The average molecular weight is 310 g/mol. The molecule has 122 valence electrons. The van der Waals surface area contributed by atoms with Crippen LogP contribution in [-0.2, 0) is 6.54 Å². The van der Waals surface area contributed by atoms with Crippen molar-refractivity contribution >= 4 is 5.69 Å². The van der Waals surface area contributed by atoms with Crippen molar-refractivity contribution in [2.45, 2.75) is 25.5 Å². The number of fused-ring (bicyclic) bond motifs is 1. The summed E-state index contributed by atoms with van der Waals surface area (Å²) in [6.07, 6.45) is -0.345. The topological polar surface area (TPSA) is 26.7 Å². The number of benzene rings is 2. The maximum atomic E-state index is 10.5. The van der Waals surface area contributed by atoms with Gasteiger partial charge in [0, 0.05) is 37.8 Å². The van der Waals surface area contributed by atoms with E-state index in [-0.39, 0.29) is 6.10 Å². The zero-order chi connectivity index (χ0) is 16.2. The fourth-order valence-electron chi connectivity index (χ4n) is 3.52. The number of likely N-dealkylation sites (N-methyl/N-ethyl adjacent to an activating group) is 1. The predicted octanol–water partition coefficient (Wildman–Crippen LogP) is 3.10. The molecule has 23 heavy (non-hydrogen) atoms. The maximum absolute atomic E-state index is 10.5. The molecule has 1 heterocycles. The molecule has 3 rings (SSSR count). The van der Waals surface area contributed by atoms with Gasteiger partial charge in [0.2, 0.25) is 0 Å². The van der Waals surface area contributed by atoms with E-state index in [0.29, 0.717) is 19.0 Å². The molecule has 2 atom stereocenters. The number of hydrogen-bond donors (Lipinski definition) is 1. The summed E-state index contributed by atoms with van der Waals surface area (Å²) in [5, 5.41) is 10.5. The third kappa shape index (κ3) is 3.92. The fraction of sp³-hybridized carbons (Fsp3) is 0.400. The van der Waals surface area contributed by atoms with Crippen LogP contribution in [0.5, 0.6) is 0 Å². The van der Waals surface area contributed by atoms with Gasteiger partial charge in [-0.15, -0.1) is 0 Å². The van der Waals surface area contributed by atoms with Gasteiger partial charge >= 0.3 is 0 Å². The number of hydrogen-bond acceptors (Lipinski definition) is 3. The zero-order valence-electron chi connectivity index (χ0n) is 14.0. The van der Waals surface area contributed by atoms with Crippen LogP contribution in [0.15, 0.2) is 54.6 Å². The largest absolute Gasteiger partial charge is 0.390 e. The van der Waals surface area contributed by atoms with Crippen molar-refractivity contribution in [1.82, 2.24) is 4.90 Å². The Labute approximate surface area is 139 Å². The average Bonchev–Trinajstić information content (AvgIpc) is 2.84. The van der Waals surface area contributed by atoms with Gasteiger partial charge in [-0.1, -0.05) is 55.5 Å². The van der Waals surface area contributed by atoms with E-state index in [2.05, 4.69) is 72.3 Å². The minimum Gasteiger partial charge on any atom is -0.390 e. The summed E-state index contributed by atoms with van der Waals surface area (Å²) >= 11 is 0. The number of aliphatic hydroxyl groups is 1. The predicted molar refractivity (Wildman–Crippen MR) is 95.9 cm³/mol. The quantitative estimate of drug-likeness (QED) is 0.888. The number of nitrogens with zero attached hydrogens (tertiary/aromatic N) is 2. The van der Waals surface area contributed by atoms with Gasteiger partial charge in [-0.05, 0) is 24.2 Å². The Morgan fingerprint density at radius 1 is 1.13 bits per heavy atom. The molecule has 2 aromatic carbocycles. The highest BCUT2D eigenvalue weighted by Gasteiger charge is 2.26. The molecule has 0 aliphatic carbocycles. The van der Waals surface area contributed by atoms with Gasteiger partial charge in [0.15, 0.2) is 0 Å². The summed E-state index contributed by atoms with van der Waals surface area (Å²) in [6, 6.07) is 18.9. The first-order valence-electron chi connectivity index (χ1n) is 8.38. The smallest absolute Gasteiger partial charge is 0.0841 e. The molecule has 0 aromatic heterocycles. The minimum atomic E-state index is -0.345. The van der Waals surface area contributed by atoms with E-state index in [9.17, 15) is 5.11 Å². The van der Waals surface area contributed by atoms with E-state index in [4.69, 9.17) is 0 Å². The van der Waals surface area contributed by atoms with E-state index in [1.807, 2.05) is 6.07 Å². The molecule has 0 radical (unpaired) electrons. The molecular formula is C20H26N2O. The van der Waals surface area contributed by atoms with Crippen LogP contribution in [0.3, 0.4) is 0 Å². The van der Waals surface area contributed by atoms with E-state index in [0.717, 1.165) is 13.1 Å². The van der Waals surface area contributed by atoms with Crippen LogP contribution in [0, 0.1) is 0 Å². The first-order valence-corrected chi connectivity index (χ1v) is 8.38. The van der Waals surface area contributed by atoms with Crippen LogP contribution in [0.1, 0.15) is 24.0 Å². The van der Waals surface area contributed by atoms with Crippen molar-refractivity contribution in [3.05, 3.63) is 65.7 Å². The molecule has 1 aliphatic heterocycles. The molecule has 0 fully saturated rings. The highest BCUT2D eigenvalue weighted by Crippen LogP contribution is 2.35. The number of aliphatic hydroxyl groups excluding tert-OH is 1. The van der Waals surface area contributed by atoms with Crippen molar-refractivity contribution in [2.24, 2.45) is 0 Å². The van der Waals surface area contributed by atoms with Crippen LogP contribution < -0.4 is 4.90 Å². The molecule has 0 saturated carbocycles. The zero-order valence-corrected chi connectivity index (χ0v) is 14.0. The summed E-state index contributed by atoms with van der Waals surface area (Å²) in [5.74, 6) is 0.542. The lowest BCUT2D eigenvalue weighted by molar-refractivity contribution is 0.127. The Kier molecular flexibility index (Phi) is 4.99. The van der Waals surface area contributed by atoms with Crippen molar-refractivity contribution in [3.8, 4) is 0 Å². The monoisotopic (exact) mass is 310 g/mol. The Balaban J connectivity index is 1.55. The maximum Gasteiger partial charge on any atom is 0.0841 e. The second kappa shape index (κ2) is 7.16. The molecule has 3 heteroatoms. The fourth-order valence-corrected chi connectivity index (χ4v) is 3.52. The summed E-state index contributed by atoms with van der Waals surface area (Å²) in [4.78, 5) is 4.51. The van der Waals surface area contributed by atoms with Gasteiger partial charge in [0.05, 0.1) is 6.10 Å². The first-order chi connectivity index (χ1) is 11.1. The van der Waals surface area contributed by atoms with Crippen molar-refractivity contribution < 1.29 is 5.11 Å². The minimum absolute atomic E-state index is 0.345. The van der Waals surface area contributed by atoms with Crippen molar-refractivity contribution in [3.63, 3.8) is 0 Å². The lowest BCUT2D eigenvalue weighted by Crippen LogP contribution is -2.38. The van der Waals surface area contributed by atoms with Gasteiger partial charge in [-0.2, -0.15) is 0 Å². The summed E-state index contributed by atoms with van der Waals surface area (Å²) in [5.41, 5.74) is 3.96. The standard InChI is InChI=1S/C20H26N2O/c1-16-12-22(20-11-7-6-10-19(16)20)15-18(23)14-21(2)13-17-8-4-3-5-9-17/h3-11,16,18,23H,12-15H2,1-2H3. The SMILES string of the molecule is CC1CN(CC(O)CN(C)Cc2ccccc2)c2ccccc21. The normalized spacial score (nSPS) is 18.3. The molecule has 0 saturated heterocycles. The molecule has 2 aromatic rings. The molecule has 1 N–H and O–H groups in total. The van der Waals surface area contributed by atoms with Crippen molar-refractivity contribution in [1.29, 1.82) is 0 Å². The van der Waals surface area contributed by atoms with E-state index in [1.54, 1.807) is 0 Å². The molecule has 0 amide bonds. The van der Waals surface area contributed by atoms with Gasteiger partial charge in [0.1, 0.15) is 0 Å². The Morgan fingerprint density at radius 3 is 2.61 bits per heavy atom. The van der Waals surface area contributed by atoms with Crippen LogP contribution in [0.4, 0.5) is 5.69 Å². The lowest BCUT2D eigenvalue weighted by Gasteiger charge is -2.26. The molecule has 0 bridgehead atoms. The number of β-amino-alcohol motifs (C(OH)–C–C–N with tert-alkyl or cyclic N) is 1. The second-order valence-corrected chi connectivity index (χ2v) is 6.70. The molecule has 3 nitrogen and oxygen atoms in total. The van der Waals surface area contributed by atoms with E-state index in [1.165, 1.54) is 16.8 Å². The summed E-state index contributed by atoms with van der Waals surface area (Å²) < 4.78 is 0. The Morgan fingerprint density at radius 2 is 1.83 bits per heavy atom. The molecular weight excluding hydrogens is 284 g/mol. The highest BCUT2D eigenvalue weighted by atomic mass is 16.3. The van der Waals surface area contributed by atoms with Gasteiger partial charge < -0.3 is 10.0 Å². The van der Waals surface area contributed by atoms with Crippen LogP contribution in [0.25, 0.3) is 0 Å². The third-order valence-corrected chi connectivity index (χ3v) is 4.55. The van der Waals surface area contributed by atoms with Crippen molar-refractivity contribution in [2.75, 3.05) is 31.6 Å². The number of anilines is 1. The second-order valence-electron chi connectivity index (χ2n) is 6.70. The van der Waals surface area contributed by atoms with Crippen LogP contribution >= 0.6 is 0 Å². The summed E-state index contributed by atoms with van der Waals surface area (Å²) in [6.45, 7) is 5.50. The van der Waals surface area contributed by atoms with Crippen LogP contribution in [0.2, 0.25) is 0 Å². The first kappa shape index (κ1) is 16.0. The van der Waals surface area contributed by atoms with Gasteiger partial charge in [-0.25, -0.2) is 0 Å². The summed E-state index contributed by atoms with van der Waals surface area (Å²) in [7, 11) is 2.07. The Hall–Kier alpha value is -1.84. The van der Waals surface area contributed by atoms with Gasteiger partial charge in [-0.3, -0.25) is 4.90 Å². The lowest BCUT2D eigenvalue weighted by atomic mass is 10.0. The molecule has 0 spiro atoms. The molecule has 2 unspecified atom stereocenters. The number of rotatable bonds is 6. The number of para-hydroxylation sites is 1. The van der Waals surface area contributed by atoms with Gasteiger partial charge in [0.25, 0.3) is 0 Å².